The molecule has 1 saturated heterocycles. The quantitative estimate of drug-likeness (QED) is 0.896. The molecular formula is C19H25N3O3. The fraction of sp³-hybridized carbons (Fsp3) is 0.474. The van der Waals surface area contributed by atoms with E-state index in [2.05, 4.69) is 4.98 Å². The van der Waals surface area contributed by atoms with Gasteiger partial charge in [0.2, 0.25) is 0 Å². The van der Waals surface area contributed by atoms with Gasteiger partial charge in [-0.3, -0.25) is 4.79 Å². The Morgan fingerprint density at radius 3 is 2.80 bits per heavy atom. The van der Waals surface area contributed by atoms with E-state index in [9.17, 15) is 15.0 Å². The van der Waals surface area contributed by atoms with Crippen molar-refractivity contribution in [3.05, 3.63) is 47.0 Å². The summed E-state index contributed by atoms with van der Waals surface area (Å²) in [5.74, 6) is 0.420. The monoisotopic (exact) mass is 343 g/mol. The highest BCUT2D eigenvalue weighted by atomic mass is 16.3. The zero-order valence-electron chi connectivity index (χ0n) is 14.9. The minimum atomic E-state index is -0.705. The van der Waals surface area contributed by atoms with Crippen LogP contribution in [0.4, 0.5) is 0 Å². The number of hydrogen-bond donors (Lipinski definition) is 2. The topological polar surface area (TPSA) is 78.6 Å². The number of aromatic nitrogens is 2. The Morgan fingerprint density at radius 1 is 1.36 bits per heavy atom. The third-order valence-electron chi connectivity index (χ3n) is 4.99. The molecule has 6 heteroatoms. The van der Waals surface area contributed by atoms with Crippen molar-refractivity contribution < 1.29 is 15.0 Å². The molecule has 6 nitrogen and oxygen atoms in total. The second kappa shape index (κ2) is 6.88. The Morgan fingerprint density at radius 2 is 2.12 bits per heavy atom. The Hall–Kier alpha value is -2.34. The molecule has 3 rings (SSSR count). The van der Waals surface area contributed by atoms with Crippen LogP contribution in [0.2, 0.25) is 0 Å². The van der Waals surface area contributed by atoms with E-state index in [0.717, 1.165) is 18.4 Å². The lowest BCUT2D eigenvalue weighted by Crippen LogP contribution is -2.42. The molecule has 25 heavy (non-hydrogen) atoms. The molecule has 1 aliphatic heterocycles. The van der Waals surface area contributed by atoms with Gasteiger partial charge in [0, 0.05) is 38.4 Å². The van der Waals surface area contributed by atoms with Gasteiger partial charge < -0.3 is 19.7 Å². The summed E-state index contributed by atoms with van der Waals surface area (Å²) in [6.45, 7) is 4.80. The van der Waals surface area contributed by atoms with Crippen LogP contribution in [0.3, 0.4) is 0 Å². The number of aliphatic hydroxyl groups is 1. The predicted molar refractivity (Wildman–Crippen MR) is 94.4 cm³/mol. The van der Waals surface area contributed by atoms with Gasteiger partial charge in [-0.05, 0) is 43.9 Å². The van der Waals surface area contributed by atoms with Crippen molar-refractivity contribution in [2.75, 3.05) is 13.1 Å². The number of aromatic hydroxyl groups is 1. The van der Waals surface area contributed by atoms with E-state index in [1.165, 1.54) is 0 Å². The Labute approximate surface area is 147 Å². The van der Waals surface area contributed by atoms with Gasteiger partial charge in [-0.1, -0.05) is 6.07 Å². The molecule has 0 spiro atoms. The fourth-order valence-corrected chi connectivity index (χ4v) is 3.62. The molecule has 2 unspecified atom stereocenters. The number of likely N-dealkylation sites (tertiary alicyclic amines) is 1. The maximum atomic E-state index is 12.9. The van der Waals surface area contributed by atoms with E-state index in [1.54, 1.807) is 34.9 Å². The van der Waals surface area contributed by atoms with Gasteiger partial charge in [0.15, 0.2) is 0 Å². The standard InChI is InChI=1S/C19H25N3O3/c1-12-9-13(2)16(23)15(10-12)19(25)22-7-4-5-14(11-22)17(24)18-20-6-8-21(18)3/h6,8-10,14,17,23-24H,4-5,7,11H2,1-3H3. The Bertz CT molecular complexity index is 784. The summed E-state index contributed by atoms with van der Waals surface area (Å²) in [5.41, 5.74) is 1.98. The summed E-state index contributed by atoms with van der Waals surface area (Å²) in [7, 11) is 1.85. The summed E-state index contributed by atoms with van der Waals surface area (Å²) >= 11 is 0. The van der Waals surface area contributed by atoms with Crippen LogP contribution in [-0.2, 0) is 7.05 Å². The summed E-state index contributed by atoms with van der Waals surface area (Å²) < 4.78 is 1.81. The zero-order chi connectivity index (χ0) is 18.1. The van der Waals surface area contributed by atoms with Gasteiger partial charge in [-0.15, -0.1) is 0 Å². The summed E-state index contributed by atoms with van der Waals surface area (Å²) in [6, 6.07) is 3.58. The number of carbonyl (C=O) groups is 1. The van der Waals surface area contributed by atoms with Crippen LogP contribution < -0.4 is 0 Å². The summed E-state index contributed by atoms with van der Waals surface area (Å²) in [5, 5.41) is 20.9. The highest BCUT2D eigenvalue weighted by molar-refractivity contribution is 5.97. The lowest BCUT2D eigenvalue weighted by Gasteiger charge is -2.35. The number of amides is 1. The van der Waals surface area contributed by atoms with Crippen LogP contribution in [0.15, 0.2) is 24.5 Å². The second-order valence-electron chi connectivity index (χ2n) is 6.97. The van der Waals surface area contributed by atoms with E-state index >= 15 is 0 Å². The Kier molecular flexibility index (Phi) is 4.81. The minimum absolute atomic E-state index is 0.0439. The first-order chi connectivity index (χ1) is 11.9. The molecule has 1 aromatic heterocycles. The largest absolute Gasteiger partial charge is 0.507 e. The van der Waals surface area contributed by atoms with Gasteiger partial charge >= 0.3 is 0 Å². The number of aliphatic hydroxyl groups excluding tert-OH is 1. The number of rotatable bonds is 3. The van der Waals surface area contributed by atoms with Crippen molar-refractivity contribution >= 4 is 5.91 Å². The number of benzene rings is 1. The number of phenolic OH excluding ortho intramolecular Hbond substituents is 1. The van der Waals surface area contributed by atoms with Crippen molar-refractivity contribution in [2.24, 2.45) is 13.0 Å². The Balaban J connectivity index is 1.80. The van der Waals surface area contributed by atoms with E-state index in [-0.39, 0.29) is 17.6 Å². The molecule has 2 N–H and O–H groups in total. The number of imidazole rings is 1. The van der Waals surface area contributed by atoms with Crippen molar-refractivity contribution in [3.8, 4) is 5.75 Å². The molecule has 2 aromatic rings. The van der Waals surface area contributed by atoms with Crippen molar-refractivity contribution in [2.45, 2.75) is 32.8 Å². The first-order valence-corrected chi connectivity index (χ1v) is 8.63. The van der Waals surface area contributed by atoms with Crippen LogP contribution in [0.5, 0.6) is 5.75 Å². The molecule has 0 saturated carbocycles. The van der Waals surface area contributed by atoms with Gasteiger partial charge in [0.25, 0.3) is 5.91 Å². The molecule has 1 aliphatic rings. The molecule has 1 aromatic carbocycles. The second-order valence-corrected chi connectivity index (χ2v) is 6.97. The molecular weight excluding hydrogens is 318 g/mol. The van der Waals surface area contributed by atoms with Crippen LogP contribution >= 0.6 is 0 Å². The maximum Gasteiger partial charge on any atom is 0.257 e. The van der Waals surface area contributed by atoms with Gasteiger partial charge in [0.05, 0.1) is 5.56 Å². The number of carbonyl (C=O) groups excluding carboxylic acids is 1. The summed E-state index contributed by atoms with van der Waals surface area (Å²) in [4.78, 5) is 18.9. The maximum absolute atomic E-state index is 12.9. The highest BCUT2D eigenvalue weighted by Gasteiger charge is 2.32. The first kappa shape index (κ1) is 17.5. The molecule has 2 atom stereocenters. The summed E-state index contributed by atoms with van der Waals surface area (Å²) in [6.07, 6.45) is 4.43. The predicted octanol–water partition coefficient (Wildman–Crippen LogP) is 2.33. The van der Waals surface area contributed by atoms with Gasteiger partial charge in [-0.25, -0.2) is 4.98 Å². The normalized spacial score (nSPS) is 19.0. The van der Waals surface area contributed by atoms with E-state index in [4.69, 9.17) is 0 Å². The van der Waals surface area contributed by atoms with Crippen molar-refractivity contribution in [1.29, 1.82) is 0 Å². The third-order valence-corrected chi connectivity index (χ3v) is 4.99. The van der Waals surface area contributed by atoms with Crippen LogP contribution in [0.25, 0.3) is 0 Å². The fourth-order valence-electron chi connectivity index (χ4n) is 3.62. The lowest BCUT2D eigenvalue weighted by atomic mass is 9.91. The molecule has 0 bridgehead atoms. The molecule has 1 fully saturated rings. The molecule has 134 valence electrons. The van der Waals surface area contributed by atoms with Crippen LogP contribution in [-0.4, -0.2) is 43.7 Å². The average Bonchev–Trinajstić information content (AvgIpc) is 3.03. The van der Waals surface area contributed by atoms with Gasteiger partial charge in [0.1, 0.15) is 17.7 Å². The molecule has 2 heterocycles. The number of piperidine rings is 1. The average molecular weight is 343 g/mol. The number of hydrogen-bond acceptors (Lipinski definition) is 4. The number of nitrogens with zero attached hydrogens (tertiary/aromatic N) is 3. The van der Waals surface area contributed by atoms with Gasteiger partial charge in [-0.2, -0.15) is 0 Å². The van der Waals surface area contributed by atoms with Crippen LogP contribution in [0.1, 0.15) is 46.3 Å². The first-order valence-electron chi connectivity index (χ1n) is 8.63. The molecule has 0 aliphatic carbocycles. The van der Waals surface area contributed by atoms with E-state index < -0.39 is 6.10 Å². The number of phenols is 1. The zero-order valence-corrected chi connectivity index (χ0v) is 14.9. The van der Waals surface area contributed by atoms with Crippen LogP contribution in [0, 0.1) is 19.8 Å². The molecule has 1 amide bonds. The smallest absolute Gasteiger partial charge is 0.257 e. The SMILES string of the molecule is Cc1cc(C)c(O)c(C(=O)N2CCCC(C(O)c3nccn3C)C2)c1. The highest BCUT2D eigenvalue weighted by Crippen LogP contribution is 2.31. The van der Waals surface area contributed by atoms with Crippen molar-refractivity contribution in [3.63, 3.8) is 0 Å². The van der Waals surface area contributed by atoms with E-state index in [0.29, 0.717) is 30.0 Å². The van der Waals surface area contributed by atoms with Crippen molar-refractivity contribution in [1.82, 2.24) is 14.5 Å². The molecule has 0 radical (unpaired) electrons. The van der Waals surface area contributed by atoms with E-state index in [1.807, 2.05) is 20.0 Å². The lowest BCUT2D eigenvalue weighted by molar-refractivity contribution is 0.0356. The number of aryl methyl sites for hydroxylation is 3. The minimum Gasteiger partial charge on any atom is -0.507 e. The third kappa shape index (κ3) is 3.39.